The summed E-state index contributed by atoms with van der Waals surface area (Å²) in [7, 11) is 0. The van der Waals surface area contributed by atoms with Gasteiger partial charge in [-0.25, -0.2) is 0 Å². The molecule has 1 aliphatic carbocycles. The van der Waals surface area contributed by atoms with E-state index in [1.807, 2.05) is 6.07 Å². The average molecular weight is 269 g/mol. The van der Waals surface area contributed by atoms with Crippen molar-refractivity contribution >= 4 is 15.9 Å². The van der Waals surface area contributed by atoms with Gasteiger partial charge in [0.05, 0.1) is 6.61 Å². The highest BCUT2D eigenvalue weighted by molar-refractivity contribution is 9.08. The Morgan fingerprint density at radius 1 is 1.27 bits per heavy atom. The molecule has 0 spiro atoms. The molecule has 1 aliphatic rings. The minimum Gasteiger partial charge on any atom is -0.493 e. The molecule has 0 saturated heterocycles. The summed E-state index contributed by atoms with van der Waals surface area (Å²) in [5.41, 5.74) is 1.28. The first kappa shape index (κ1) is 11.0. The van der Waals surface area contributed by atoms with Gasteiger partial charge in [-0.3, -0.25) is 0 Å². The zero-order valence-corrected chi connectivity index (χ0v) is 10.5. The zero-order valence-electron chi connectivity index (χ0n) is 8.92. The van der Waals surface area contributed by atoms with Gasteiger partial charge in [-0.05, 0) is 36.5 Å². The van der Waals surface area contributed by atoms with E-state index in [0.29, 0.717) is 0 Å². The largest absolute Gasteiger partial charge is 0.493 e. The zero-order chi connectivity index (χ0) is 10.5. The second kappa shape index (κ2) is 5.55. The van der Waals surface area contributed by atoms with Crippen molar-refractivity contribution in [1.82, 2.24) is 0 Å². The predicted molar refractivity (Wildman–Crippen MR) is 66.5 cm³/mol. The molecule has 2 rings (SSSR count). The van der Waals surface area contributed by atoms with Crippen LogP contribution < -0.4 is 4.74 Å². The molecule has 1 saturated carbocycles. The minimum absolute atomic E-state index is 0.789. The van der Waals surface area contributed by atoms with Crippen LogP contribution in [0.1, 0.15) is 31.2 Å². The third-order valence-electron chi connectivity index (χ3n) is 3.01. The van der Waals surface area contributed by atoms with E-state index in [9.17, 15) is 0 Å². The molecule has 0 atom stereocenters. The lowest BCUT2D eigenvalue weighted by Crippen LogP contribution is -2.07. The Kier molecular flexibility index (Phi) is 4.07. The maximum absolute atomic E-state index is 5.81. The lowest BCUT2D eigenvalue weighted by Gasteiger charge is -2.11. The van der Waals surface area contributed by atoms with Gasteiger partial charge in [-0.2, -0.15) is 0 Å². The van der Waals surface area contributed by atoms with E-state index < -0.39 is 0 Å². The highest BCUT2D eigenvalue weighted by Crippen LogP contribution is 2.25. The van der Waals surface area contributed by atoms with Gasteiger partial charge in [-0.15, -0.1) is 0 Å². The minimum atomic E-state index is 0.789. The Morgan fingerprint density at radius 3 is 2.80 bits per heavy atom. The fraction of sp³-hybridized carbons (Fsp3) is 0.538. The van der Waals surface area contributed by atoms with E-state index in [1.165, 1.54) is 31.2 Å². The number of rotatable bonds is 4. The van der Waals surface area contributed by atoms with Gasteiger partial charge >= 0.3 is 0 Å². The van der Waals surface area contributed by atoms with Crippen LogP contribution in [0.15, 0.2) is 24.3 Å². The van der Waals surface area contributed by atoms with Gasteiger partial charge in [0.1, 0.15) is 5.75 Å². The Bertz CT molecular complexity index is 305. The van der Waals surface area contributed by atoms with Gasteiger partial charge in [0.25, 0.3) is 0 Å². The number of halogens is 1. The molecule has 1 fully saturated rings. The van der Waals surface area contributed by atoms with E-state index in [-0.39, 0.29) is 0 Å². The molecular formula is C13H17BrO. The summed E-state index contributed by atoms with van der Waals surface area (Å²) in [5.74, 6) is 1.80. The number of benzene rings is 1. The van der Waals surface area contributed by atoms with Crippen molar-refractivity contribution in [3.05, 3.63) is 29.8 Å². The molecule has 0 unspecified atom stereocenters. The van der Waals surface area contributed by atoms with Crippen molar-refractivity contribution in [3.8, 4) is 5.75 Å². The molecule has 0 heterocycles. The van der Waals surface area contributed by atoms with Gasteiger partial charge in [0.2, 0.25) is 0 Å². The Morgan fingerprint density at radius 2 is 2.07 bits per heavy atom. The van der Waals surface area contributed by atoms with E-state index >= 15 is 0 Å². The average Bonchev–Trinajstić information content (AvgIpc) is 2.79. The van der Waals surface area contributed by atoms with Crippen LogP contribution in [0.5, 0.6) is 5.75 Å². The maximum Gasteiger partial charge on any atom is 0.119 e. The van der Waals surface area contributed by atoms with Crippen molar-refractivity contribution in [2.45, 2.75) is 31.0 Å². The Hall–Kier alpha value is -0.500. The maximum atomic E-state index is 5.81. The molecule has 1 aromatic rings. The van der Waals surface area contributed by atoms with Crippen LogP contribution in [0.3, 0.4) is 0 Å². The third kappa shape index (κ3) is 3.23. The molecule has 1 aromatic carbocycles. The van der Waals surface area contributed by atoms with Crippen LogP contribution in [0.2, 0.25) is 0 Å². The molecular weight excluding hydrogens is 252 g/mol. The Labute approximate surface area is 100.0 Å². The number of hydrogen-bond donors (Lipinski definition) is 0. The first-order valence-corrected chi connectivity index (χ1v) is 6.78. The van der Waals surface area contributed by atoms with Crippen molar-refractivity contribution in [1.29, 1.82) is 0 Å². The van der Waals surface area contributed by atoms with Crippen molar-refractivity contribution in [3.63, 3.8) is 0 Å². The third-order valence-corrected chi connectivity index (χ3v) is 3.66. The number of hydrogen-bond acceptors (Lipinski definition) is 1. The monoisotopic (exact) mass is 268 g/mol. The molecule has 0 N–H and O–H groups in total. The summed E-state index contributed by atoms with van der Waals surface area (Å²) in [5, 5.41) is 0.896. The van der Waals surface area contributed by atoms with Gasteiger partial charge in [0, 0.05) is 5.33 Å². The summed E-state index contributed by atoms with van der Waals surface area (Å²) >= 11 is 3.45. The molecule has 2 heteroatoms. The summed E-state index contributed by atoms with van der Waals surface area (Å²) in [6.45, 7) is 0.895. The fourth-order valence-electron chi connectivity index (χ4n) is 2.11. The predicted octanol–water partition coefficient (Wildman–Crippen LogP) is 4.15. The molecule has 0 amide bonds. The lowest BCUT2D eigenvalue weighted by atomic mass is 10.1. The summed E-state index contributed by atoms with van der Waals surface area (Å²) in [4.78, 5) is 0. The highest BCUT2D eigenvalue weighted by atomic mass is 79.9. The molecule has 0 radical (unpaired) electrons. The molecule has 0 bridgehead atoms. The van der Waals surface area contributed by atoms with Crippen LogP contribution in [0.25, 0.3) is 0 Å². The normalized spacial score (nSPS) is 16.9. The van der Waals surface area contributed by atoms with Crippen LogP contribution in [-0.4, -0.2) is 6.61 Å². The van der Waals surface area contributed by atoms with Crippen LogP contribution in [0.4, 0.5) is 0 Å². The number of alkyl halides is 1. The highest BCUT2D eigenvalue weighted by Gasteiger charge is 2.15. The molecule has 0 aromatic heterocycles. The van der Waals surface area contributed by atoms with Crippen molar-refractivity contribution in [2.24, 2.45) is 5.92 Å². The van der Waals surface area contributed by atoms with Gasteiger partial charge < -0.3 is 4.74 Å². The molecule has 82 valence electrons. The Balaban J connectivity index is 1.86. The van der Waals surface area contributed by atoms with E-state index in [2.05, 4.69) is 34.1 Å². The summed E-state index contributed by atoms with van der Waals surface area (Å²) in [6.07, 6.45) is 5.46. The van der Waals surface area contributed by atoms with E-state index in [0.717, 1.165) is 23.6 Å². The van der Waals surface area contributed by atoms with E-state index in [1.54, 1.807) is 0 Å². The van der Waals surface area contributed by atoms with Crippen molar-refractivity contribution < 1.29 is 4.74 Å². The van der Waals surface area contributed by atoms with Crippen LogP contribution in [0, 0.1) is 5.92 Å². The SMILES string of the molecule is BrCc1cccc(OCC2CCCC2)c1. The first-order chi connectivity index (χ1) is 7.38. The quantitative estimate of drug-likeness (QED) is 0.746. The smallest absolute Gasteiger partial charge is 0.119 e. The van der Waals surface area contributed by atoms with E-state index in [4.69, 9.17) is 4.74 Å². The lowest BCUT2D eigenvalue weighted by molar-refractivity contribution is 0.252. The van der Waals surface area contributed by atoms with Crippen molar-refractivity contribution in [2.75, 3.05) is 6.61 Å². The van der Waals surface area contributed by atoms with Gasteiger partial charge in [0.15, 0.2) is 0 Å². The second-order valence-electron chi connectivity index (χ2n) is 4.24. The first-order valence-electron chi connectivity index (χ1n) is 5.66. The standard InChI is InChI=1S/C13H17BrO/c14-9-12-6-3-7-13(8-12)15-10-11-4-1-2-5-11/h3,6-8,11H,1-2,4-5,9-10H2. The van der Waals surface area contributed by atoms with Gasteiger partial charge in [-0.1, -0.05) is 40.9 Å². The molecule has 15 heavy (non-hydrogen) atoms. The summed E-state index contributed by atoms with van der Waals surface area (Å²) < 4.78 is 5.81. The fourth-order valence-corrected chi connectivity index (χ4v) is 2.46. The topological polar surface area (TPSA) is 9.23 Å². The van der Waals surface area contributed by atoms with Crippen LogP contribution in [-0.2, 0) is 5.33 Å². The van der Waals surface area contributed by atoms with Crippen LogP contribution >= 0.6 is 15.9 Å². The molecule has 1 nitrogen and oxygen atoms in total. The summed E-state index contributed by atoms with van der Waals surface area (Å²) in [6, 6.07) is 8.32. The second-order valence-corrected chi connectivity index (χ2v) is 4.80. The molecule has 0 aliphatic heterocycles. The number of ether oxygens (including phenoxy) is 1.